The summed E-state index contributed by atoms with van der Waals surface area (Å²) in [4.78, 5) is 28.5. The summed E-state index contributed by atoms with van der Waals surface area (Å²) in [7, 11) is 5.69. The Morgan fingerprint density at radius 1 is 1.29 bits per heavy atom. The Morgan fingerprint density at radius 2 is 1.92 bits per heavy atom. The molecule has 1 saturated heterocycles. The maximum Gasteiger partial charge on any atom is 0.237 e. The van der Waals surface area contributed by atoms with E-state index < -0.39 is 0 Å². The van der Waals surface area contributed by atoms with Crippen molar-refractivity contribution < 1.29 is 9.59 Å². The summed E-state index contributed by atoms with van der Waals surface area (Å²) >= 11 is 0. The van der Waals surface area contributed by atoms with Crippen LogP contribution in [0, 0.1) is 11.8 Å². The lowest BCUT2D eigenvalue weighted by molar-refractivity contribution is -0.128. The Hall–Kier alpha value is -1.88. The summed E-state index contributed by atoms with van der Waals surface area (Å²) in [5, 5.41) is 3.07. The van der Waals surface area contributed by atoms with E-state index in [0.29, 0.717) is 13.0 Å². The molecule has 0 unspecified atom stereocenters. The van der Waals surface area contributed by atoms with Crippen molar-refractivity contribution in [2.45, 2.75) is 32.4 Å². The van der Waals surface area contributed by atoms with Crippen LogP contribution in [-0.2, 0) is 9.59 Å². The summed E-state index contributed by atoms with van der Waals surface area (Å²) in [5.74, 6) is 0.501. The van der Waals surface area contributed by atoms with Gasteiger partial charge in [-0.2, -0.15) is 0 Å². The molecule has 0 aromatic heterocycles. The van der Waals surface area contributed by atoms with Gasteiger partial charge in [-0.1, -0.05) is 44.2 Å². The predicted molar refractivity (Wildman–Crippen MR) is 95.4 cm³/mol. The van der Waals surface area contributed by atoms with Crippen molar-refractivity contribution in [2.75, 3.05) is 27.7 Å². The van der Waals surface area contributed by atoms with Crippen LogP contribution in [0.5, 0.6) is 0 Å². The number of carbonyl (C=O) groups excluding carboxylic acids is 2. The lowest BCUT2D eigenvalue weighted by Gasteiger charge is -2.29. The first-order chi connectivity index (χ1) is 11.3. The van der Waals surface area contributed by atoms with E-state index in [1.165, 1.54) is 0 Å². The number of amides is 2. The standard InChI is InChI=1S/C19H29N3O2/c1-13(2)17(21(3)4)19(24)20-12-15-11-16(23)22(5)18(15)14-9-7-6-8-10-14/h6-10,13,15,17-18H,11-12H2,1-5H3,(H,20,24)/t15-,17-,18+/m1/s1. The molecular weight excluding hydrogens is 302 g/mol. The van der Waals surface area contributed by atoms with Gasteiger partial charge < -0.3 is 10.2 Å². The lowest BCUT2D eigenvalue weighted by Crippen LogP contribution is -2.48. The third-order valence-corrected chi connectivity index (χ3v) is 4.83. The van der Waals surface area contributed by atoms with Crippen LogP contribution in [0.25, 0.3) is 0 Å². The molecule has 3 atom stereocenters. The van der Waals surface area contributed by atoms with E-state index in [9.17, 15) is 9.59 Å². The van der Waals surface area contributed by atoms with Gasteiger partial charge in [0.15, 0.2) is 0 Å². The number of nitrogens with one attached hydrogen (secondary N) is 1. The molecule has 1 aromatic rings. The quantitative estimate of drug-likeness (QED) is 0.866. The summed E-state index contributed by atoms with van der Waals surface area (Å²) in [6.45, 7) is 4.61. The van der Waals surface area contributed by atoms with Crippen molar-refractivity contribution in [1.82, 2.24) is 15.1 Å². The third kappa shape index (κ3) is 3.96. The highest BCUT2D eigenvalue weighted by molar-refractivity contribution is 5.82. The van der Waals surface area contributed by atoms with Crippen LogP contribution in [0.15, 0.2) is 30.3 Å². The average Bonchev–Trinajstić information content (AvgIpc) is 2.80. The van der Waals surface area contributed by atoms with Gasteiger partial charge >= 0.3 is 0 Å². The van der Waals surface area contributed by atoms with E-state index in [-0.39, 0.29) is 35.7 Å². The molecule has 1 aliphatic heterocycles. The van der Waals surface area contributed by atoms with E-state index in [4.69, 9.17) is 0 Å². The fourth-order valence-corrected chi connectivity index (χ4v) is 3.75. The zero-order valence-corrected chi connectivity index (χ0v) is 15.3. The maximum absolute atomic E-state index is 12.5. The molecule has 0 saturated carbocycles. The second-order valence-corrected chi connectivity index (χ2v) is 7.22. The molecule has 5 nitrogen and oxygen atoms in total. The van der Waals surface area contributed by atoms with Crippen LogP contribution >= 0.6 is 0 Å². The Bertz CT molecular complexity index is 563. The number of carbonyl (C=O) groups is 2. The van der Waals surface area contributed by atoms with Crippen LogP contribution in [0.2, 0.25) is 0 Å². The molecule has 5 heteroatoms. The normalized spacial score (nSPS) is 22.3. The van der Waals surface area contributed by atoms with Crippen molar-refractivity contribution in [3.8, 4) is 0 Å². The van der Waals surface area contributed by atoms with Gasteiger partial charge in [-0.25, -0.2) is 0 Å². The molecule has 0 radical (unpaired) electrons. The first kappa shape index (κ1) is 18.5. The van der Waals surface area contributed by atoms with Gasteiger partial charge in [-0.05, 0) is 25.6 Å². The number of rotatable bonds is 6. The van der Waals surface area contributed by atoms with E-state index >= 15 is 0 Å². The number of nitrogens with zero attached hydrogens (tertiary/aromatic N) is 2. The second kappa shape index (κ2) is 7.79. The number of likely N-dealkylation sites (N-methyl/N-ethyl adjacent to an activating group) is 1. The third-order valence-electron chi connectivity index (χ3n) is 4.83. The van der Waals surface area contributed by atoms with Crippen LogP contribution in [0.1, 0.15) is 31.9 Å². The minimum Gasteiger partial charge on any atom is -0.354 e. The van der Waals surface area contributed by atoms with E-state index in [1.54, 1.807) is 4.90 Å². The van der Waals surface area contributed by atoms with Gasteiger partial charge in [-0.3, -0.25) is 14.5 Å². The largest absolute Gasteiger partial charge is 0.354 e. The molecule has 0 spiro atoms. The average molecular weight is 331 g/mol. The molecule has 1 aromatic carbocycles. The molecule has 1 fully saturated rings. The van der Waals surface area contributed by atoms with Gasteiger partial charge in [0, 0.05) is 25.9 Å². The fraction of sp³-hybridized carbons (Fsp3) is 0.579. The minimum atomic E-state index is -0.157. The molecule has 2 amide bonds. The van der Waals surface area contributed by atoms with Crippen molar-refractivity contribution in [2.24, 2.45) is 11.8 Å². The molecule has 2 rings (SSSR count). The number of hydrogen-bond donors (Lipinski definition) is 1. The summed E-state index contributed by atoms with van der Waals surface area (Å²) < 4.78 is 0. The maximum atomic E-state index is 12.5. The molecule has 0 bridgehead atoms. The Morgan fingerprint density at radius 3 is 2.46 bits per heavy atom. The van der Waals surface area contributed by atoms with Crippen molar-refractivity contribution in [3.63, 3.8) is 0 Å². The monoisotopic (exact) mass is 331 g/mol. The summed E-state index contributed by atoms with van der Waals surface area (Å²) in [5.41, 5.74) is 1.12. The second-order valence-electron chi connectivity index (χ2n) is 7.22. The van der Waals surface area contributed by atoms with Crippen LogP contribution in [-0.4, -0.2) is 55.3 Å². The Labute approximate surface area is 145 Å². The van der Waals surface area contributed by atoms with Gasteiger partial charge in [0.25, 0.3) is 0 Å². The highest BCUT2D eigenvalue weighted by atomic mass is 16.2. The first-order valence-corrected chi connectivity index (χ1v) is 8.57. The van der Waals surface area contributed by atoms with Crippen LogP contribution in [0.4, 0.5) is 0 Å². The van der Waals surface area contributed by atoms with E-state index in [2.05, 4.69) is 5.32 Å². The summed E-state index contributed by atoms with van der Waals surface area (Å²) in [6.07, 6.45) is 0.477. The molecule has 1 heterocycles. The number of benzene rings is 1. The predicted octanol–water partition coefficient (Wildman–Crippen LogP) is 1.91. The topological polar surface area (TPSA) is 52.7 Å². The molecular formula is C19H29N3O2. The zero-order valence-electron chi connectivity index (χ0n) is 15.3. The number of likely N-dealkylation sites (tertiary alicyclic amines) is 1. The van der Waals surface area contributed by atoms with E-state index in [1.807, 2.05) is 70.2 Å². The van der Waals surface area contributed by atoms with Gasteiger partial charge in [0.05, 0.1) is 12.1 Å². The fourth-order valence-electron chi connectivity index (χ4n) is 3.75. The highest BCUT2D eigenvalue weighted by Gasteiger charge is 2.38. The minimum absolute atomic E-state index is 0.0239. The zero-order chi connectivity index (χ0) is 17.9. The van der Waals surface area contributed by atoms with Gasteiger partial charge in [0.2, 0.25) is 11.8 Å². The first-order valence-electron chi connectivity index (χ1n) is 8.57. The van der Waals surface area contributed by atoms with Gasteiger partial charge in [0.1, 0.15) is 0 Å². The smallest absolute Gasteiger partial charge is 0.237 e. The molecule has 1 aliphatic rings. The Balaban J connectivity index is 2.07. The number of hydrogen-bond acceptors (Lipinski definition) is 3. The highest BCUT2D eigenvalue weighted by Crippen LogP contribution is 2.36. The molecule has 0 aliphatic carbocycles. The van der Waals surface area contributed by atoms with Crippen molar-refractivity contribution in [3.05, 3.63) is 35.9 Å². The van der Waals surface area contributed by atoms with Crippen molar-refractivity contribution >= 4 is 11.8 Å². The molecule has 24 heavy (non-hydrogen) atoms. The molecule has 132 valence electrons. The molecule has 1 N–H and O–H groups in total. The van der Waals surface area contributed by atoms with Crippen LogP contribution in [0.3, 0.4) is 0 Å². The van der Waals surface area contributed by atoms with Crippen molar-refractivity contribution in [1.29, 1.82) is 0 Å². The van der Waals surface area contributed by atoms with Gasteiger partial charge in [-0.15, -0.1) is 0 Å². The van der Waals surface area contributed by atoms with Crippen LogP contribution < -0.4 is 5.32 Å². The lowest BCUT2D eigenvalue weighted by atomic mass is 9.93. The SMILES string of the molecule is CC(C)[C@H](C(=O)NC[C@H]1CC(=O)N(C)[C@H]1c1ccccc1)N(C)C. The Kier molecular flexibility index (Phi) is 5.99. The summed E-state index contributed by atoms with van der Waals surface area (Å²) in [6, 6.07) is 9.91. The van der Waals surface area contributed by atoms with E-state index in [0.717, 1.165) is 5.56 Å².